The van der Waals surface area contributed by atoms with Crippen molar-refractivity contribution in [2.24, 2.45) is 5.92 Å². The molecule has 6 heteroatoms. The summed E-state index contributed by atoms with van der Waals surface area (Å²) in [5.41, 5.74) is 4.42. The van der Waals surface area contributed by atoms with E-state index in [1.165, 1.54) is 0 Å². The van der Waals surface area contributed by atoms with Gasteiger partial charge in [-0.1, -0.05) is 25.1 Å². The van der Waals surface area contributed by atoms with Gasteiger partial charge in [-0.25, -0.2) is 0 Å². The van der Waals surface area contributed by atoms with Gasteiger partial charge in [0.05, 0.1) is 5.92 Å². The minimum atomic E-state index is -0.594. The molecule has 1 aromatic rings. The van der Waals surface area contributed by atoms with E-state index in [1.807, 2.05) is 0 Å². The van der Waals surface area contributed by atoms with Crippen LogP contribution in [-0.2, 0) is 14.3 Å². The lowest BCUT2D eigenvalue weighted by molar-refractivity contribution is -0.160. The normalized spacial score (nSPS) is 12.2. The summed E-state index contributed by atoms with van der Waals surface area (Å²) in [4.78, 5) is 35.2. The molecule has 120 valence electrons. The van der Waals surface area contributed by atoms with Crippen molar-refractivity contribution in [2.45, 2.75) is 39.7 Å². The summed E-state index contributed by atoms with van der Waals surface area (Å²) < 4.78 is 5.19. The van der Waals surface area contributed by atoms with Crippen LogP contribution >= 0.6 is 0 Å². The second-order valence-electron chi connectivity index (χ2n) is 6.01. The van der Waals surface area contributed by atoms with Crippen molar-refractivity contribution in [2.75, 3.05) is 0 Å². The first kappa shape index (κ1) is 17.7. The van der Waals surface area contributed by atoms with Crippen LogP contribution in [0.5, 0.6) is 0 Å². The molecule has 0 aliphatic heterocycles. The number of ether oxygens (including phenoxy) is 1. The monoisotopic (exact) mass is 306 g/mol. The fraction of sp³-hybridized carbons (Fsp3) is 0.438. The SMILES string of the molecule is C[C@@H](CC(=O)NNC(=O)c1ccccc1)C(=O)OC(C)(C)C. The van der Waals surface area contributed by atoms with E-state index in [2.05, 4.69) is 10.9 Å². The standard InChI is InChI=1S/C16H22N2O4/c1-11(15(21)22-16(2,3)4)10-13(19)17-18-14(20)12-8-6-5-7-9-12/h5-9,11H,10H2,1-4H3,(H,17,19)(H,18,20)/t11-/m0/s1. The van der Waals surface area contributed by atoms with Crippen LogP contribution in [0, 0.1) is 5.92 Å². The number of esters is 1. The predicted octanol–water partition coefficient (Wildman–Crippen LogP) is 1.82. The quantitative estimate of drug-likeness (QED) is 0.656. The molecule has 1 rings (SSSR count). The van der Waals surface area contributed by atoms with Gasteiger partial charge in [0.15, 0.2) is 0 Å². The van der Waals surface area contributed by atoms with Gasteiger partial charge in [0, 0.05) is 12.0 Å². The molecule has 6 nitrogen and oxygen atoms in total. The van der Waals surface area contributed by atoms with Crippen molar-refractivity contribution in [3.05, 3.63) is 35.9 Å². The van der Waals surface area contributed by atoms with Crippen LogP contribution in [0.4, 0.5) is 0 Å². The highest BCUT2D eigenvalue weighted by Crippen LogP contribution is 2.13. The molecule has 0 fully saturated rings. The van der Waals surface area contributed by atoms with E-state index in [9.17, 15) is 14.4 Å². The largest absolute Gasteiger partial charge is 0.460 e. The van der Waals surface area contributed by atoms with E-state index in [0.717, 1.165) is 0 Å². The highest BCUT2D eigenvalue weighted by atomic mass is 16.6. The molecular formula is C16H22N2O4. The van der Waals surface area contributed by atoms with Crippen molar-refractivity contribution in [1.29, 1.82) is 0 Å². The van der Waals surface area contributed by atoms with Crippen molar-refractivity contribution in [1.82, 2.24) is 10.9 Å². The third-order valence-electron chi connectivity index (χ3n) is 2.65. The summed E-state index contributed by atoms with van der Waals surface area (Å²) in [6, 6.07) is 8.50. The van der Waals surface area contributed by atoms with Gasteiger partial charge in [-0.3, -0.25) is 25.2 Å². The van der Waals surface area contributed by atoms with Gasteiger partial charge >= 0.3 is 5.97 Å². The summed E-state index contributed by atoms with van der Waals surface area (Å²) in [6.45, 7) is 6.89. The lowest BCUT2D eigenvalue weighted by atomic mass is 10.1. The fourth-order valence-electron chi connectivity index (χ4n) is 1.60. The number of rotatable bonds is 4. The number of carbonyl (C=O) groups excluding carboxylic acids is 3. The molecule has 0 unspecified atom stereocenters. The summed E-state index contributed by atoms with van der Waals surface area (Å²) in [6.07, 6.45) is -0.0655. The minimum absolute atomic E-state index is 0.0655. The molecule has 0 saturated heterocycles. The minimum Gasteiger partial charge on any atom is -0.460 e. The summed E-state index contributed by atoms with van der Waals surface area (Å²) in [5.74, 6) is -1.91. The van der Waals surface area contributed by atoms with Crippen molar-refractivity contribution in [3.8, 4) is 0 Å². The Morgan fingerprint density at radius 2 is 1.68 bits per heavy atom. The van der Waals surface area contributed by atoms with Gasteiger partial charge in [0.1, 0.15) is 5.60 Å². The molecule has 22 heavy (non-hydrogen) atoms. The van der Waals surface area contributed by atoms with E-state index in [1.54, 1.807) is 58.0 Å². The smallest absolute Gasteiger partial charge is 0.309 e. The van der Waals surface area contributed by atoms with Gasteiger partial charge in [-0.05, 0) is 32.9 Å². The van der Waals surface area contributed by atoms with Gasteiger partial charge < -0.3 is 4.74 Å². The lowest BCUT2D eigenvalue weighted by Crippen LogP contribution is -2.42. The van der Waals surface area contributed by atoms with E-state index in [-0.39, 0.29) is 6.42 Å². The predicted molar refractivity (Wildman–Crippen MR) is 81.7 cm³/mol. The maximum Gasteiger partial charge on any atom is 0.309 e. The summed E-state index contributed by atoms with van der Waals surface area (Å²) >= 11 is 0. The third kappa shape index (κ3) is 6.39. The van der Waals surface area contributed by atoms with Crippen molar-refractivity contribution in [3.63, 3.8) is 0 Å². The third-order valence-corrected chi connectivity index (χ3v) is 2.65. The molecule has 0 aliphatic carbocycles. The molecule has 0 saturated carbocycles. The molecule has 0 aliphatic rings. The zero-order chi connectivity index (χ0) is 16.8. The van der Waals surface area contributed by atoms with E-state index < -0.39 is 29.3 Å². The second-order valence-corrected chi connectivity index (χ2v) is 6.01. The van der Waals surface area contributed by atoms with Crippen molar-refractivity contribution >= 4 is 17.8 Å². The number of hydrogen-bond acceptors (Lipinski definition) is 4. The fourth-order valence-corrected chi connectivity index (χ4v) is 1.60. The Labute approximate surface area is 130 Å². The Morgan fingerprint density at radius 1 is 1.09 bits per heavy atom. The number of benzene rings is 1. The average molecular weight is 306 g/mol. The van der Waals surface area contributed by atoms with Crippen molar-refractivity contribution < 1.29 is 19.1 Å². The zero-order valence-corrected chi connectivity index (χ0v) is 13.3. The highest BCUT2D eigenvalue weighted by molar-refractivity contribution is 5.95. The van der Waals surface area contributed by atoms with Gasteiger partial charge in [0.2, 0.25) is 5.91 Å². The number of nitrogens with one attached hydrogen (secondary N) is 2. The summed E-state index contributed by atoms with van der Waals surface area (Å²) in [5, 5.41) is 0. The summed E-state index contributed by atoms with van der Waals surface area (Å²) in [7, 11) is 0. The first-order chi connectivity index (χ1) is 10.2. The first-order valence-electron chi connectivity index (χ1n) is 7.06. The lowest BCUT2D eigenvalue weighted by Gasteiger charge is -2.22. The number of carbonyl (C=O) groups is 3. The Bertz CT molecular complexity index is 535. The van der Waals surface area contributed by atoms with E-state index in [4.69, 9.17) is 4.74 Å². The second kappa shape index (κ2) is 7.59. The molecule has 0 spiro atoms. The number of amides is 2. The van der Waals surface area contributed by atoms with Gasteiger partial charge in [0.25, 0.3) is 5.91 Å². The Hall–Kier alpha value is -2.37. The number of hydrogen-bond donors (Lipinski definition) is 2. The van der Waals surface area contributed by atoms with Crippen LogP contribution in [0.3, 0.4) is 0 Å². The molecule has 0 bridgehead atoms. The average Bonchev–Trinajstić information content (AvgIpc) is 2.43. The molecule has 1 atom stereocenters. The van der Waals surface area contributed by atoms with Crippen LogP contribution in [0.15, 0.2) is 30.3 Å². The Balaban J connectivity index is 2.40. The zero-order valence-electron chi connectivity index (χ0n) is 13.3. The van der Waals surface area contributed by atoms with Gasteiger partial charge in [-0.15, -0.1) is 0 Å². The molecule has 0 radical (unpaired) electrons. The van der Waals surface area contributed by atoms with Crippen LogP contribution in [0.2, 0.25) is 0 Å². The Morgan fingerprint density at radius 3 is 2.23 bits per heavy atom. The molecule has 2 amide bonds. The molecular weight excluding hydrogens is 284 g/mol. The van der Waals surface area contributed by atoms with Crippen LogP contribution in [-0.4, -0.2) is 23.4 Å². The van der Waals surface area contributed by atoms with Crippen LogP contribution in [0.1, 0.15) is 44.5 Å². The Kier molecular flexibility index (Phi) is 6.10. The maximum atomic E-state index is 11.8. The van der Waals surface area contributed by atoms with Crippen LogP contribution in [0.25, 0.3) is 0 Å². The first-order valence-corrected chi connectivity index (χ1v) is 7.06. The van der Waals surface area contributed by atoms with Gasteiger partial charge in [-0.2, -0.15) is 0 Å². The maximum absolute atomic E-state index is 11.8. The molecule has 0 heterocycles. The molecule has 2 N–H and O–H groups in total. The molecule has 0 aromatic heterocycles. The van der Waals surface area contributed by atoms with E-state index in [0.29, 0.717) is 5.56 Å². The topological polar surface area (TPSA) is 84.5 Å². The molecule has 1 aromatic carbocycles. The van der Waals surface area contributed by atoms with Crippen LogP contribution < -0.4 is 10.9 Å². The highest BCUT2D eigenvalue weighted by Gasteiger charge is 2.23. The number of hydrazine groups is 1. The van der Waals surface area contributed by atoms with E-state index >= 15 is 0 Å².